The number of nitrogens with zero attached hydrogens (tertiary/aromatic N) is 1. The first-order valence-corrected chi connectivity index (χ1v) is 12.7. The minimum Gasteiger partial charge on any atom is -0.493 e. The highest BCUT2D eigenvalue weighted by atomic mass is 16.7. The highest BCUT2D eigenvalue weighted by molar-refractivity contribution is 5.99. The monoisotopic (exact) mass is 543 g/mol. The number of carbonyl (C=O) groups excluding carboxylic acids is 3. The van der Waals surface area contributed by atoms with Gasteiger partial charge in [-0.15, -0.1) is 6.58 Å². The number of hydrogen-bond acceptors (Lipinski definition) is 10. The molecule has 0 saturated heterocycles. The van der Waals surface area contributed by atoms with Crippen molar-refractivity contribution in [2.75, 3.05) is 20.5 Å². The van der Waals surface area contributed by atoms with E-state index in [2.05, 4.69) is 11.6 Å². The summed E-state index contributed by atoms with van der Waals surface area (Å²) in [4.78, 5) is 41.3. The topological polar surface area (TPSA) is 119 Å². The lowest BCUT2D eigenvalue weighted by Gasteiger charge is -2.31. The zero-order valence-electron chi connectivity index (χ0n) is 23.1. The fourth-order valence-electron chi connectivity index (χ4n) is 3.56. The van der Waals surface area contributed by atoms with Crippen molar-refractivity contribution in [1.82, 2.24) is 4.98 Å². The Morgan fingerprint density at radius 3 is 2.44 bits per heavy atom. The molecule has 0 aliphatic heterocycles. The second kappa shape index (κ2) is 16.1. The summed E-state index contributed by atoms with van der Waals surface area (Å²) in [6, 6.07) is 10.6. The summed E-state index contributed by atoms with van der Waals surface area (Å²) in [6.07, 6.45) is 1.64. The van der Waals surface area contributed by atoms with Crippen LogP contribution in [-0.2, 0) is 23.8 Å². The van der Waals surface area contributed by atoms with Gasteiger partial charge in [0, 0.05) is 32.2 Å². The van der Waals surface area contributed by atoms with Crippen LogP contribution >= 0.6 is 0 Å². The van der Waals surface area contributed by atoms with Crippen molar-refractivity contribution in [2.45, 2.75) is 58.8 Å². The van der Waals surface area contributed by atoms with Crippen LogP contribution in [0.5, 0.6) is 17.2 Å². The fourth-order valence-corrected chi connectivity index (χ4v) is 3.56. The number of ether oxygens (including phenoxy) is 6. The molecule has 0 N–H and O–H groups in total. The third-order valence-corrected chi connectivity index (χ3v) is 5.56. The molecule has 0 fully saturated rings. The molecule has 2 aromatic rings. The molecule has 1 aromatic carbocycles. The number of pyridine rings is 1. The molecular weight excluding hydrogens is 506 g/mol. The predicted molar refractivity (Wildman–Crippen MR) is 143 cm³/mol. The highest BCUT2D eigenvalue weighted by Gasteiger charge is 2.33. The van der Waals surface area contributed by atoms with Gasteiger partial charge in [-0.05, 0) is 25.5 Å². The second-order valence-electron chi connectivity index (χ2n) is 8.73. The number of Topliss-reactive ketones (excluding diaryl/α,β-unsaturated/α-hetero) is 1. The van der Waals surface area contributed by atoms with Gasteiger partial charge in [0.1, 0.15) is 18.0 Å². The molecule has 1 aromatic heterocycles. The molecule has 0 radical (unpaired) electrons. The van der Waals surface area contributed by atoms with Crippen molar-refractivity contribution >= 4 is 17.7 Å². The maximum absolute atomic E-state index is 13.1. The number of aromatic nitrogens is 1. The van der Waals surface area contributed by atoms with E-state index in [1.807, 2.05) is 25.1 Å². The molecular formula is C29H37NO9. The molecule has 0 aliphatic carbocycles. The molecule has 0 amide bonds. The first-order valence-electron chi connectivity index (χ1n) is 12.7. The van der Waals surface area contributed by atoms with E-state index in [1.165, 1.54) is 26.3 Å². The largest absolute Gasteiger partial charge is 0.493 e. The summed E-state index contributed by atoms with van der Waals surface area (Å²) in [5.41, 5.74) is -0.0563. The molecule has 4 atom stereocenters. The Morgan fingerprint density at radius 2 is 1.82 bits per heavy atom. The number of carbonyl (C=O) groups is 3. The number of para-hydroxylation sites is 1. The maximum atomic E-state index is 13.1. The Kier molecular flexibility index (Phi) is 12.9. The van der Waals surface area contributed by atoms with Crippen LogP contribution in [0.4, 0.5) is 0 Å². The van der Waals surface area contributed by atoms with Gasteiger partial charge in [0.15, 0.2) is 29.1 Å². The highest BCUT2D eigenvalue weighted by Crippen LogP contribution is 2.31. The standard InChI is InChI=1S/C29H37NO9/c1-7-16-35-24(8-2)27(39-22-12-10-9-11-13-22)20(4)38-29(33)19(3)17-23(32)26-28(37-18-36-21(5)31)25(34-6)14-15-30-26/h8-15,19-20,24,27H,2,7,16-18H2,1,3-6H3/t19-,20+,24+,27+/m1/s1. The molecule has 0 unspecified atom stereocenters. The number of rotatable bonds is 17. The lowest BCUT2D eigenvalue weighted by molar-refractivity contribution is -0.160. The van der Waals surface area contributed by atoms with E-state index in [4.69, 9.17) is 28.4 Å². The summed E-state index contributed by atoms with van der Waals surface area (Å²) in [5.74, 6) is -1.61. The summed E-state index contributed by atoms with van der Waals surface area (Å²) in [6.45, 7) is 10.4. The Labute approximate surface area is 229 Å². The predicted octanol–water partition coefficient (Wildman–Crippen LogP) is 4.56. The van der Waals surface area contributed by atoms with Crippen LogP contribution in [0.2, 0.25) is 0 Å². The van der Waals surface area contributed by atoms with E-state index in [0.29, 0.717) is 12.4 Å². The third kappa shape index (κ3) is 9.72. The van der Waals surface area contributed by atoms with Crippen molar-refractivity contribution in [3.63, 3.8) is 0 Å². The molecule has 0 bridgehead atoms. The fraction of sp³-hybridized carbons (Fsp3) is 0.448. The first-order chi connectivity index (χ1) is 18.7. The number of methoxy groups -OCH3 is 1. The Morgan fingerprint density at radius 1 is 1.10 bits per heavy atom. The Hall–Kier alpha value is -3.92. The number of benzene rings is 1. The van der Waals surface area contributed by atoms with Crippen molar-refractivity contribution in [2.24, 2.45) is 5.92 Å². The number of hydrogen-bond donors (Lipinski definition) is 0. The molecule has 1 heterocycles. The van der Waals surface area contributed by atoms with Crippen LogP contribution in [0.1, 0.15) is 51.0 Å². The van der Waals surface area contributed by atoms with Crippen LogP contribution in [0.25, 0.3) is 0 Å². The van der Waals surface area contributed by atoms with Gasteiger partial charge in [0.05, 0.1) is 13.0 Å². The van der Waals surface area contributed by atoms with Gasteiger partial charge in [-0.25, -0.2) is 4.98 Å². The zero-order chi connectivity index (χ0) is 28.8. The van der Waals surface area contributed by atoms with Crippen molar-refractivity contribution in [1.29, 1.82) is 0 Å². The van der Waals surface area contributed by atoms with Gasteiger partial charge in [-0.3, -0.25) is 14.4 Å². The molecule has 2 rings (SSSR count). The third-order valence-electron chi connectivity index (χ3n) is 5.56. The summed E-state index contributed by atoms with van der Waals surface area (Å²) in [7, 11) is 1.40. The second-order valence-corrected chi connectivity index (χ2v) is 8.73. The normalized spacial score (nSPS) is 13.8. The van der Waals surface area contributed by atoms with E-state index >= 15 is 0 Å². The van der Waals surface area contributed by atoms with Gasteiger partial charge in [0.2, 0.25) is 6.79 Å². The van der Waals surface area contributed by atoms with Crippen molar-refractivity contribution in [3.8, 4) is 17.2 Å². The summed E-state index contributed by atoms with van der Waals surface area (Å²) >= 11 is 0. The average Bonchev–Trinajstić information content (AvgIpc) is 2.92. The number of ketones is 1. The van der Waals surface area contributed by atoms with Gasteiger partial charge in [-0.2, -0.15) is 0 Å². The van der Waals surface area contributed by atoms with Crippen LogP contribution in [0.3, 0.4) is 0 Å². The Bertz CT molecular complexity index is 1090. The molecule has 10 nitrogen and oxygen atoms in total. The minimum atomic E-state index is -0.814. The van der Waals surface area contributed by atoms with Crippen molar-refractivity contribution in [3.05, 3.63) is 60.9 Å². The van der Waals surface area contributed by atoms with Crippen LogP contribution in [0.15, 0.2) is 55.3 Å². The summed E-state index contributed by atoms with van der Waals surface area (Å²) < 4.78 is 33.3. The quantitative estimate of drug-likeness (QED) is 0.122. The summed E-state index contributed by atoms with van der Waals surface area (Å²) in [5, 5.41) is 0. The van der Waals surface area contributed by atoms with E-state index < -0.39 is 48.7 Å². The smallest absolute Gasteiger partial charge is 0.309 e. The average molecular weight is 544 g/mol. The van der Waals surface area contributed by atoms with Crippen LogP contribution < -0.4 is 14.2 Å². The molecule has 10 heteroatoms. The van der Waals surface area contributed by atoms with E-state index in [-0.39, 0.29) is 23.6 Å². The molecule has 212 valence electrons. The van der Waals surface area contributed by atoms with Crippen molar-refractivity contribution < 1.29 is 42.8 Å². The SMILES string of the molecule is C=C[C@H](OCCC)[C@@H](Oc1ccccc1)[C@H](C)OC(=O)[C@H](C)CC(=O)c1nccc(OC)c1OCOC(C)=O. The zero-order valence-corrected chi connectivity index (χ0v) is 23.1. The van der Waals surface area contributed by atoms with Gasteiger partial charge < -0.3 is 28.4 Å². The molecule has 0 spiro atoms. The minimum absolute atomic E-state index is 0.0124. The van der Waals surface area contributed by atoms with Crippen LogP contribution in [-0.4, -0.2) is 61.5 Å². The molecule has 0 aliphatic rings. The lowest BCUT2D eigenvalue weighted by atomic mass is 10.0. The molecule has 39 heavy (non-hydrogen) atoms. The maximum Gasteiger partial charge on any atom is 0.309 e. The van der Waals surface area contributed by atoms with Gasteiger partial charge >= 0.3 is 11.9 Å². The van der Waals surface area contributed by atoms with Gasteiger partial charge in [-0.1, -0.05) is 38.1 Å². The Balaban J connectivity index is 2.14. The lowest BCUT2D eigenvalue weighted by Crippen LogP contribution is -2.44. The van der Waals surface area contributed by atoms with Crippen LogP contribution in [0, 0.1) is 5.92 Å². The first kappa shape index (κ1) is 31.3. The van der Waals surface area contributed by atoms with E-state index in [1.54, 1.807) is 32.1 Å². The van der Waals surface area contributed by atoms with Gasteiger partial charge in [0.25, 0.3) is 0 Å². The van der Waals surface area contributed by atoms with E-state index in [9.17, 15) is 14.4 Å². The van der Waals surface area contributed by atoms with E-state index in [0.717, 1.165) is 6.42 Å². The molecule has 0 saturated carbocycles. The number of esters is 2.